The number of anilines is 1. The largest absolute Gasteiger partial charge is 0.326 e. The highest BCUT2D eigenvalue weighted by Gasteiger charge is 2.08. The number of hydrogen-bond acceptors (Lipinski definition) is 4. The van der Waals surface area contributed by atoms with Crippen LogP contribution >= 0.6 is 0 Å². The van der Waals surface area contributed by atoms with Gasteiger partial charge < -0.3 is 5.32 Å². The number of rotatable bonds is 2. The molecule has 0 saturated heterocycles. The number of pyridine rings is 2. The number of benzene rings is 1. The van der Waals surface area contributed by atoms with Crippen molar-refractivity contribution in [2.45, 2.75) is 13.8 Å². The summed E-state index contributed by atoms with van der Waals surface area (Å²) in [7, 11) is 0. The van der Waals surface area contributed by atoms with E-state index >= 15 is 0 Å². The quantitative estimate of drug-likeness (QED) is 0.616. The van der Waals surface area contributed by atoms with E-state index in [1.807, 2.05) is 36.5 Å². The molecule has 3 heterocycles. The number of aryl methyl sites for hydroxylation is 1. The summed E-state index contributed by atoms with van der Waals surface area (Å²) in [6.45, 7) is 3.55. The lowest BCUT2D eigenvalue weighted by molar-refractivity contribution is -0.114. The molecule has 0 aliphatic carbocycles. The van der Waals surface area contributed by atoms with E-state index in [1.54, 1.807) is 4.52 Å². The summed E-state index contributed by atoms with van der Waals surface area (Å²) in [6, 6.07) is 11.7. The van der Waals surface area contributed by atoms with E-state index in [1.165, 1.54) is 13.3 Å². The Labute approximate surface area is 138 Å². The molecule has 0 radical (unpaired) electrons. The Morgan fingerprint density at radius 3 is 2.88 bits per heavy atom. The fourth-order valence-electron chi connectivity index (χ4n) is 2.81. The van der Waals surface area contributed by atoms with Crippen molar-refractivity contribution in [1.29, 1.82) is 0 Å². The van der Waals surface area contributed by atoms with Crippen LogP contribution in [-0.4, -0.2) is 25.5 Å². The molecule has 6 nitrogen and oxygen atoms in total. The molecule has 0 unspecified atom stereocenters. The minimum atomic E-state index is -0.0977. The number of fused-ring (bicyclic) bond motifs is 2. The van der Waals surface area contributed by atoms with Gasteiger partial charge in [0.2, 0.25) is 5.91 Å². The van der Waals surface area contributed by atoms with Crippen LogP contribution in [-0.2, 0) is 4.79 Å². The summed E-state index contributed by atoms with van der Waals surface area (Å²) in [5.74, 6) is -0.0977. The van der Waals surface area contributed by atoms with Gasteiger partial charge in [0.15, 0.2) is 5.65 Å². The number of amides is 1. The van der Waals surface area contributed by atoms with Gasteiger partial charge in [-0.05, 0) is 42.8 Å². The van der Waals surface area contributed by atoms with Crippen molar-refractivity contribution >= 4 is 28.1 Å². The molecule has 0 atom stereocenters. The van der Waals surface area contributed by atoms with Gasteiger partial charge in [-0.3, -0.25) is 4.79 Å². The molecule has 0 saturated carbocycles. The Morgan fingerprint density at radius 1 is 1.17 bits per heavy atom. The van der Waals surface area contributed by atoms with E-state index in [2.05, 4.69) is 28.4 Å². The minimum Gasteiger partial charge on any atom is -0.326 e. The van der Waals surface area contributed by atoms with Gasteiger partial charge in [-0.1, -0.05) is 6.07 Å². The SMILES string of the molecule is CC(=O)Nc1ccc2c(C)cc(-c3ccn4ncnc4c3)nc2c1. The first-order valence-electron chi connectivity index (χ1n) is 7.59. The maximum absolute atomic E-state index is 11.3. The molecule has 118 valence electrons. The topological polar surface area (TPSA) is 72.2 Å². The summed E-state index contributed by atoms with van der Waals surface area (Å²) < 4.78 is 1.71. The lowest BCUT2D eigenvalue weighted by atomic mass is 10.1. The van der Waals surface area contributed by atoms with Crippen LogP contribution in [0.25, 0.3) is 27.8 Å². The lowest BCUT2D eigenvalue weighted by Gasteiger charge is -2.09. The van der Waals surface area contributed by atoms with E-state index in [9.17, 15) is 4.79 Å². The van der Waals surface area contributed by atoms with Crippen molar-refractivity contribution in [3.63, 3.8) is 0 Å². The van der Waals surface area contributed by atoms with Crippen molar-refractivity contribution in [2.75, 3.05) is 5.32 Å². The van der Waals surface area contributed by atoms with E-state index in [4.69, 9.17) is 4.98 Å². The van der Waals surface area contributed by atoms with Gasteiger partial charge in [0.25, 0.3) is 0 Å². The molecule has 24 heavy (non-hydrogen) atoms. The van der Waals surface area contributed by atoms with Gasteiger partial charge in [0.1, 0.15) is 6.33 Å². The molecular weight excluding hydrogens is 302 g/mol. The van der Waals surface area contributed by atoms with Gasteiger partial charge in [-0.2, -0.15) is 5.10 Å². The molecule has 1 N–H and O–H groups in total. The van der Waals surface area contributed by atoms with Gasteiger partial charge in [-0.25, -0.2) is 14.5 Å². The van der Waals surface area contributed by atoms with Gasteiger partial charge >= 0.3 is 0 Å². The van der Waals surface area contributed by atoms with Gasteiger partial charge in [0, 0.05) is 29.8 Å². The fraction of sp³-hybridized carbons (Fsp3) is 0.111. The summed E-state index contributed by atoms with van der Waals surface area (Å²) in [4.78, 5) is 20.2. The Bertz CT molecular complexity index is 1080. The average Bonchev–Trinajstić information content (AvgIpc) is 3.01. The van der Waals surface area contributed by atoms with Gasteiger partial charge in [-0.15, -0.1) is 0 Å². The van der Waals surface area contributed by atoms with Crippen molar-refractivity contribution in [3.05, 3.63) is 54.5 Å². The van der Waals surface area contributed by atoms with Crippen molar-refractivity contribution < 1.29 is 4.79 Å². The number of carbonyl (C=O) groups is 1. The second-order valence-corrected chi connectivity index (χ2v) is 5.72. The first kappa shape index (κ1) is 14.3. The van der Waals surface area contributed by atoms with Crippen molar-refractivity contribution in [1.82, 2.24) is 19.6 Å². The molecule has 0 aliphatic heterocycles. The van der Waals surface area contributed by atoms with Crippen LogP contribution < -0.4 is 5.32 Å². The Morgan fingerprint density at radius 2 is 2.04 bits per heavy atom. The predicted octanol–water partition coefficient (Wildman–Crippen LogP) is 3.21. The maximum Gasteiger partial charge on any atom is 0.221 e. The highest BCUT2D eigenvalue weighted by atomic mass is 16.1. The second kappa shape index (κ2) is 5.42. The summed E-state index contributed by atoms with van der Waals surface area (Å²) in [5.41, 5.74) is 5.34. The van der Waals surface area contributed by atoms with Crippen LogP contribution in [0, 0.1) is 6.92 Å². The normalized spacial score (nSPS) is 11.1. The Balaban J connectivity index is 1.86. The summed E-state index contributed by atoms with van der Waals surface area (Å²) in [5, 5.41) is 7.97. The second-order valence-electron chi connectivity index (χ2n) is 5.72. The zero-order chi connectivity index (χ0) is 16.7. The molecule has 3 aromatic heterocycles. The minimum absolute atomic E-state index is 0.0977. The van der Waals surface area contributed by atoms with Crippen LogP contribution in [0.15, 0.2) is 48.9 Å². The summed E-state index contributed by atoms with van der Waals surface area (Å²) in [6.07, 6.45) is 3.39. The van der Waals surface area contributed by atoms with Gasteiger partial charge in [0.05, 0.1) is 11.2 Å². The lowest BCUT2D eigenvalue weighted by Crippen LogP contribution is -2.05. The average molecular weight is 317 g/mol. The van der Waals surface area contributed by atoms with Crippen LogP contribution in [0.4, 0.5) is 5.69 Å². The monoisotopic (exact) mass is 317 g/mol. The predicted molar refractivity (Wildman–Crippen MR) is 92.8 cm³/mol. The molecule has 0 fully saturated rings. The Hall–Kier alpha value is -3.28. The van der Waals surface area contributed by atoms with Crippen LogP contribution in [0.5, 0.6) is 0 Å². The third kappa shape index (κ3) is 2.48. The fourth-order valence-corrected chi connectivity index (χ4v) is 2.81. The first-order valence-corrected chi connectivity index (χ1v) is 7.59. The summed E-state index contributed by atoms with van der Waals surface area (Å²) >= 11 is 0. The molecule has 4 rings (SSSR count). The molecule has 0 spiro atoms. The standard InChI is InChI=1S/C18H15N5O/c1-11-7-16(13-5-6-23-18(8-13)19-10-20-23)22-17-9-14(21-12(2)24)3-4-15(11)17/h3-10H,1-2H3,(H,21,24). The highest BCUT2D eigenvalue weighted by Crippen LogP contribution is 2.26. The Kier molecular flexibility index (Phi) is 3.23. The molecule has 1 amide bonds. The number of nitrogens with one attached hydrogen (secondary N) is 1. The maximum atomic E-state index is 11.3. The van der Waals surface area contributed by atoms with Crippen molar-refractivity contribution in [2.24, 2.45) is 0 Å². The van der Waals surface area contributed by atoms with E-state index in [0.29, 0.717) is 0 Å². The zero-order valence-corrected chi connectivity index (χ0v) is 13.3. The smallest absolute Gasteiger partial charge is 0.221 e. The number of nitrogens with zero attached hydrogens (tertiary/aromatic N) is 4. The number of carbonyl (C=O) groups excluding carboxylic acids is 1. The molecule has 1 aromatic carbocycles. The number of hydrogen-bond donors (Lipinski definition) is 1. The van der Waals surface area contributed by atoms with E-state index < -0.39 is 0 Å². The van der Waals surface area contributed by atoms with Crippen LogP contribution in [0.3, 0.4) is 0 Å². The van der Waals surface area contributed by atoms with Crippen LogP contribution in [0.1, 0.15) is 12.5 Å². The first-order chi connectivity index (χ1) is 11.6. The highest BCUT2D eigenvalue weighted by molar-refractivity contribution is 5.93. The van der Waals surface area contributed by atoms with E-state index in [-0.39, 0.29) is 5.91 Å². The zero-order valence-electron chi connectivity index (χ0n) is 13.3. The van der Waals surface area contributed by atoms with Crippen LogP contribution in [0.2, 0.25) is 0 Å². The molecule has 4 aromatic rings. The van der Waals surface area contributed by atoms with E-state index in [0.717, 1.165) is 39.1 Å². The molecular formula is C18H15N5O. The number of aromatic nitrogens is 4. The third-order valence-corrected chi connectivity index (χ3v) is 3.91. The third-order valence-electron chi connectivity index (χ3n) is 3.91. The van der Waals surface area contributed by atoms with Crippen molar-refractivity contribution in [3.8, 4) is 11.3 Å². The molecule has 0 bridgehead atoms. The molecule has 6 heteroatoms. The molecule has 0 aliphatic rings.